The van der Waals surface area contributed by atoms with Crippen molar-refractivity contribution < 1.29 is 5.11 Å². The molecule has 2 aromatic rings. The van der Waals surface area contributed by atoms with E-state index in [2.05, 4.69) is 17.1 Å². The van der Waals surface area contributed by atoms with Gasteiger partial charge in [-0.3, -0.25) is 0 Å². The minimum Gasteiger partial charge on any atom is -0.508 e. The van der Waals surface area contributed by atoms with E-state index in [4.69, 9.17) is 0 Å². The predicted octanol–water partition coefficient (Wildman–Crippen LogP) is 3.05. The third-order valence-electron chi connectivity index (χ3n) is 2.52. The number of aromatic hydroxyl groups is 1. The molecule has 1 heterocycles. The molecular weight excluding hydrogens is 174 g/mol. The number of fused-ring (bicyclic) bond motifs is 1. The molecule has 1 aliphatic carbocycles. The van der Waals surface area contributed by atoms with Gasteiger partial charge in [0, 0.05) is 16.6 Å². The molecule has 3 rings (SSSR count). The van der Waals surface area contributed by atoms with Crippen molar-refractivity contribution in [1.82, 2.24) is 4.98 Å². The molecule has 1 aromatic heterocycles. The highest BCUT2D eigenvalue weighted by Crippen LogP contribution is 2.31. The number of allylic oxidation sites excluding steroid dienone is 1. The number of hydrogen-bond acceptors (Lipinski definition) is 1. The van der Waals surface area contributed by atoms with Crippen LogP contribution in [0.3, 0.4) is 0 Å². The maximum atomic E-state index is 9.30. The topological polar surface area (TPSA) is 36.0 Å². The Morgan fingerprint density at radius 3 is 2.86 bits per heavy atom. The molecule has 70 valence electrons. The summed E-state index contributed by atoms with van der Waals surface area (Å²) in [5.41, 5.74) is 3.72. The summed E-state index contributed by atoms with van der Waals surface area (Å²) in [5, 5.41) is 10.4. The van der Waals surface area contributed by atoms with Crippen molar-refractivity contribution in [2.24, 2.45) is 0 Å². The van der Waals surface area contributed by atoms with Crippen LogP contribution in [-0.4, -0.2) is 10.1 Å². The molecule has 0 unspecified atom stereocenters. The van der Waals surface area contributed by atoms with E-state index in [1.807, 2.05) is 6.07 Å². The molecule has 0 bridgehead atoms. The van der Waals surface area contributed by atoms with Crippen molar-refractivity contribution in [3.05, 3.63) is 35.5 Å². The highest BCUT2D eigenvalue weighted by atomic mass is 16.3. The van der Waals surface area contributed by atoms with Crippen LogP contribution in [0.25, 0.3) is 17.0 Å². The fraction of sp³-hybridized carbons (Fsp3) is 0.167. The van der Waals surface area contributed by atoms with Gasteiger partial charge in [-0.05, 0) is 43.2 Å². The SMILES string of the molecule is Oc1ccc2[nH]c(C=C3CC3)cc2c1. The van der Waals surface area contributed by atoms with E-state index in [0.29, 0.717) is 5.75 Å². The van der Waals surface area contributed by atoms with E-state index in [1.165, 1.54) is 18.4 Å². The Morgan fingerprint density at radius 2 is 2.07 bits per heavy atom. The molecule has 2 nitrogen and oxygen atoms in total. The molecule has 0 amide bonds. The van der Waals surface area contributed by atoms with Gasteiger partial charge in [-0.15, -0.1) is 0 Å². The monoisotopic (exact) mass is 185 g/mol. The lowest BCUT2D eigenvalue weighted by atomic mass is 10.2. The Balaban J connectivity index is 2.14. The number of phenols is 1. The van der Waals surface area contributed by atoms with E-state index >= 15 is 0 Å². The van der Waals surface area contributed by atoms with Crippen molar-refractivity contribution in [2.75, 3.05) is 0 Å². The zero-order valence-corrected chi connectivity index (χ0v) is 7.75. The van der Waals surface area contributed by atoms with Crippen LogP contribution < -0.4 is 0 Å². The number of phenolic OH excluding ortho intramolecular Hbond substituents is 1. The average molecular weight is 185 g/mol. The summed E-state index contributed by atoms with van der Waals surface area (Å²) in [7, 11) is 0. The summed E-state index contributed by atoms with van der Waals surface area (Å²) >= 11 is 0. The maximum absolute atomic E-state index is 9.30. The van der Waals surface area contributed by atoms with E-state index in [0.717, 1.165) is 16.6 Å². The molecule has 1 saturated carbocycles. The lowest BCUT2D eigenvalue weighted by Gasteiger charge is -1.89. The van der Waals surface area contributed by atoms with Gasteiger partial charge in [0.25, 0.3) is 0 Å². The minimum atomic E-state index is 0.321. The first-order valence-electron chi connectivity index (χ1n) is 4.82. The van der Waals surface area contributed by atoms with Gasteiger partial charge < -0.3 is 10.1 Å². The van der Waals surface area contributed by atoms with Crippen LogP contribution in [0.2, 0.25) is 0 Å². The number of aromatic nitrogens is 1. The Bertz CT molecular complexity index is 516. The van der Waals surface area contributed by atoms with Crippen LogP contribution >= 0.6 is 0 Å². The van der Waals surface area contributed by atoms with Gasteiger partial charge in [0.15, 0.2) is 0 Å². The molecule has 0 aliphatic heterocycles. The third-order valence-corrected chi connectivity index (χ3v) is 2.52. The first-order valence-corrected chi connectivity index (χ1v) is 4.82. The molecule has 2 N–H and O–H groups in total. The van der Waals surface area contributed by atoms with Crippen LogP contribution in [0.15, 0.2) is 29.8 Å². The second kappa shape index (κ2) is 2.64. The van der Waals surface area contributed by atoms with Gasteiger partial charge in [0.2, 0.25) is 0 Å². The van der Waals surface area contributed by atoms with Gasteiger partial charge in [0.05, 0.1) is 0 Å². The first kappa shape index (κ1) is 7.68. The fourth-order valence-corrected chi connectivity index (χ4v) is 1.66. The van der Waals surface area contributed by atoms with Gasteiger partial charge >= 0.3 is 0 Å². The number of benzene rings is 1. The normalized spacial score (nSPS) is 14.7. The summed E-state index contributed by atoms with van der Waals surface area (Å²) in [6.07, 6.45) is 4.66. The lowest BCUT2D eigenvalue weighted by Crippen LogP contribution is -1.68. The van der Waals surface area contributed by atoms with Crippen molar-refractivity contribution in [3.8, 4) is 5.75 Å². The number of hydrogen-bond donors (Lipinski definition) is 2. The van der Waals surface area contributed by atoms with E-state index < -0.39 is 0 Å². The standard InChI is InChI=1S/C12H11NO/c14-11-3-4-12-9(7-11)6-10(13-12)5-8-1-2-8/h3-7,13-14H,1-2H2. The smallest absolute Gasteiger partial charge is 0.116 e. The molecule has 0 atom stereocenters. The molecule has 1 aromatic carbocycles. The summed E-state index contributed by atoms with van der Waals surface area (Å²) in [4.78, 5) is 3.31. The van der Waals surface area contributed by atoms with Crippen LogP contribution in [0, 0.1) is 0 Å². The Morgan fingerprint density at radius 1 is 1.21 bits per heavy atom. The molecular formula is C12H11NO. The first-order chi connectivity index (χ1) is 6.81. The Kier molecular flexibility index (Phi) is 1.45. The van der Waals surface area contributed by atoms with Gasteiger partial charge in [-0.2, -0.15) is 0 Å². The fourth-order valence-electron chi connectivity index (χ4n) is 1.66. The van der Waals surface area contributed by atoms with Crippen LogP contribution in [0.5, 0.6) is 5.75 Å². The maximum Gasteiger partial charge on any atom is 0.116 e. The molecule has 1 fully saturated rings. The molecule has 0 saturated heterocycles. The largest absolute Gasteiger partial charge is 0.508 e. The second-order valence-electron chi connectivity index (χ2n) is 3.80. The summed E-state index contributed by atoms with van der Waals surface area (Å²) in [6, 6.07) is 7.45. The molecule has 1 aliphatic rings. The Labute approximate surface area is 81.9 Å². The quantitative estimate of drug-likeness (QED) is 0.703. The predicted molar refractivity (Wildman–Crippen MR) is 57.2 cm³/mol. The van der Waals surface area contributed by atoms with Crippen molar-refractivity contribution in [3.63, 3.8) is 0 Å². The third kappa shape index (κ3) is 1.29. The number of rotatable bonds is 1. The van der Waals surface area contributed by atoms with E-state index in [1.54, 1.807) is 12.1 Å². The number of H-pyrrole nitrogens is 1. The van der Waals surface area contributed by atoms with Crippen LogP contribution in [-0.2, 0) is 0 Å². The highest BCUT2D eigenvalue weighted by Gasteiger charge is 2.11. The van der Waals surface area contributed by atoms with Gasteiger partial charge in [-0.25, -0.2) is 0 Å². The summed E-state index contributed by atoms with van der Waals surface area (Å²) in [5.74, 6) is 0.321. The van der Waals surface area contributed by atoms with Crippen molar-refractivity contribution >= 4 is 17.0 Å². The number of nitrogens with one attached hydrogen (secondary N) is 1. The van der Waals surface area contributed by atoms with Gasteiger partial charge in [-0.1, -0.05) is 5.57 Å². The highest BCUT2D eigenvalue weighted by molar-refractivity contribution is 5.84. The summed E-state index contributed by atoms with van der Waals surface area (Å²) in [6.45, 7) is 0. The van der Waals surface area contributed by atoms with E-state index in [9.17, 15) is 5.11 Å². The minimum absolute atomic E-state index is 0.321. The molecule has 0 spiro atoms. The molecule has 2 heteroatoms. The van der Waals surface area contributed by atoms with Crippen LogP contribution in [0.1, 0.15) is 18.5 Å². The van der Waals surface area contributed by atoms with E-state index in [-0.39, 0.29) is 0 Å². The van der Waals surface area contributed by atoms with Crippen molar-refractivity contribution in [2.45, 2.75) is 12.8 Å². The summed E-state index contributed by atoms with van der Waals surface area (Å²) < 4.78 is 0. The van der Waals surface area contributed by atoms with Crippen LogP contribution in [0.4, 0.5) is 0 Å². The zero-order valence-electron chi connectivity index (χ0n) is 7.75. The van der Waals surface area contributed by atoms with Crippen molar-refractivity contribution in [1.29, 1.82) is 0 Å². The van der Waals surface area contributed by atoms with Gasteiger partial charge in [0.1, 0.15) is 5.75 Å². The molecule has 14 heavy (non-hydrogen) atoms. The Hall–Kier alpha value is -1.70. The average Bonchev–Trinajstić information content (AvgIpc) is 2.84. The zero-order chi connectivity index (χ0) is 9.54. The lowest BCUT2D eigenvalue weighted by molar-refractivity contribution is 0.476. The molecule has 0 radical (unpaired) electrons. The number of aromatic amines is 1. The second-order valence-corrected chi connectivity index (χ2v) is 3.80.